The lowest BCUT2D eigenvalue weighted by Gasteiger charge is -2.21. The first-order valence-corrected chi connectivity index (χ1v) is 6.75. The zero-order valence-electron chi connectivity index (χ0n) is 12.3. The second kappa shape index (κ2) is 8.69. The van der Waals surface area contributed by atoms with Crippen molar-refractivity contribution >= 4 is 11.9 Å². The number of carbonyl (C=O) groups excluding carboxylic acids is 2. The minimum Gasteiger partial charge on any atom is -0.459 e. The number of hydrogen-bond acceptors (Lipinski definition) is 5. The van der Waals surface area contributed by atoms with E-state index in [1.807, 2.05) is 20.8 Å². The van der Waals surface area contributed by atoms with Gasteiger partial charge < -0.3 is 9.47 Å². The Balaban J connectivity index is 4.24. The fourth-order valence-electron chi connectivity index (χ4n) is 1.34. The van der Waals surface area contributed by atoms with Crippen molar-refractivity contribution in [2.24, 2.45) is 5.73 Å². The molecule has 0 aliphatic carbocycles. The van der Waals surface area contributed by atoms with Gasteiger partial charge in [-0.2, -0.15) is 0 Å². The summed E-state index contributed by atoms with van der Waals surface area (Å²) in [6.45, 7) is 7.39. The molecule has 5 nitrogen and oxygen atoms in total. The first-order valence-electron chi connectivity index (χ1n) is 6.75. The van der Waals surface area contributed by atoms with Gasteiger partial charge in [0.2, 0.25) is 0 Å². The second-order valence-corrected chi connectivity index (χ2v) is 4.68. The Morgan fingerprint density at radius 3 is 2.26 bits per heavy atom. The first kappa shape index (κ1) is 17.6. The average molecular weight is 271 g/mol. The van der Waals surface area contributed by atoms with Crippen molar-refractivity contribution in [3.8, 4) is 0 Å². The van der Waals surface area contributed by atoms with Crippen molar-refractivity contribution in [3.63, 3.8) is 0 Å². The van der Waals surface area contributed by atoms with E-state index >= 15 is 0 Å². The summed E-state index contributed by atoms with van der Waals surface area (Å²) in [6.07, 6.45) is 5.03. The van der Waals surface area contributed by atoms with Crippen LogP contribution < -0.4 is 5.73 Å². The summed E-state index contributed by atoms with van der Waals surface area (Å²) in [7, 11) is 0. The van der Waals surface area contributed by atoms with E-state index in [4.69, 9.17) is 15.2 Å². The van der Waals surface area contributed by atoms with Crippen molar-refractivity contribution < 1.29 is 19.1 Å². The summed E-state index contributed by atoms with van der Waals surface area (Å²) >= 11 is 0. The molecule has 0 saturated heterocycles. The maximum atomic E-state index is 11.5. The molecule has 0 spiro atoms. The molecule has 0 fully saturated rings. The molecule has 19 heavy (non-hydrogen) atoms. The van der Waals surface area contributed by atoms with Gasteiger partial charge >= 0.3 is 11.9 Å². The van der Waals surface area contributed by atoms with Gasteiger partial charge in [-0.15, -0.1) is 0 Å². The molecule has 2 unspecified atom stereocenters. The smallest absolute Gasteiger partial charge is 0.332 e. The Kier molecular flexibility index (Phi) is 8.07. The van der Waals surface area contributed by atoms with Crippen LogP contribution in [-0.2, 0) is 19.1 Å². The van der Waals surface area contributed by atoms with Crippen LogP contribution in [-0.4, -0.2) is 23.8 Å². The standard InChI is InChI=1S/C14H25NO4/c1-5-8-11(6-2)18-12(16)9-10-13(17)19-14(4,15)7-3/h9-11H,5-8,15H2,1-4H3/b10-9+. The highest BCUT2D eigenvalue weighted by Crippen LogP contribution is 2.08. The lowest BCUT2D eigenvalue weighted by molar-refractivity contribution is -0.152. The minimum atomic E-state index is -1.01. The van der Waals surface area contributed by atoms with E-state index < -0.39 is 17.7 Å². The Bertz CT molecular complexity index is 323. The van der Waals surface area contributed by atoms with E-state index in [1.165, 1.54) is 0 Å². The fraction of sp³-hybridized carbons (Fsp3) is 0.714. The fourth-order valence-corrected chi connectivity index (χ4v) is 1.34. The molecule has 0 amide bonds. The molecule has 0 aromatic rings. The molecular formula is C14H25NO4. The van der Waals surface area contributed by atoms with Gasteiger partial charge in [-0.1, -0.05) is 27.2 Å². The molecule has 0 aromatic heterocycles. The van der Waals surface area contributed by atoms with Crippen LogP contribution in [0, 0.1) is 0 Å². The van der Waals surface area contributed by atoms with Crippen molar-refractivity contribution in [2.75, 3.05) is 0 Å². The molecule has 0 saturated carbocycles. The molecule has 0 aliphatic heterocycles. The van der Waals surface area contributed by atoms with Gasteiger partial charge in [-0.3, -0.25) is 5.73 Å². The normalized spacial score (nSPS) is 15.8. The molecule has 0 aliphatic rings. The van der Waals surface area contributed by atoms with Gasteiger partial charge in [0.1, 0.15) is 6.10 Å². The Morgan fingerprint density at radius 1 is 1.21 bits per heavy atom. The number of carbonyl (C=O) groups is 2. The Labute approximate surface area is 115 Å². The van der Waals surface area contributed by atoms with Crippen molar-refractivity contribution in [1.82, 2.24) is 0 Å². The molecule has 5 heteroatoms. The molecule has 2 N–H and O–H groups in total. The highest BCUT2D eigenvalue weighted by molar-refractivity contribution is 5.91. The predicted molar refractivity (Wildman–Crippen MR) is 73.2 cm³/mol. The van der Waals surface area contributed by atoms with Crippen LogP contribution in [0.25, 0.3) is 0 Å². The van der Waals surface area contributed by atoms with Crippen molar-refractivity contribution in [2.45, 2.75) is 65.2 Å². The number of hydrogen-bond donors (Lipinski definition) is 1. The maximum Gasteiger partial charge on any atom is 0.332 e. The molecule has 0 heterocycles. The first-order chi connectivity index (χ1) is 8.84. The average Bonchev–Trinajstić information content (AvgIpc) is 2.35. The maximum absolute atomic E-state index is 11.5. The van der Waals surface area contributed by atoms with Gasteiger partial charge in [0, 0.05) is 12.2 Å². The third kappa shape index (κ3) is 8.37. The van der Waals surface area contributed by atoms with E-state index in [-0.39, 0.29) is 6.10 Å². The van der Waals surface area contributed by atoms with Crippen LogP contribution in [0.15, 0.2) is 12.2 Å². The summed E-state index contributed by atoms with van der Waals surface area (Å²) in [4.78, 5) is 22.9. The number of esters is 2. The van der Waals surface area contributed by atoms with Crippen LogP contribution >= 0.6 is 0 Å². The zero-order valence-corrected chi connectivity index (χ0v) is 12.3. The monoisotopic (exact) mass is 271 g/mol. The number of rotatable bonds is 8. The van der Waals surface area contributed by atoms with Gasteiger partial charge in [-0.05, 0) is 26.2 Å². The predicted octanol–water partition coefficient (Wildman–Crippen LogP) is 2.29. The molecule has 110 valence electrons. The van der Waals surface area contributed by atoms with E-state index in [1.54, 1.807) is 6.92 Å². The highest BCUT2D eigenvalue weighted by atomic mass is 16.6. The minimum absolute atomic E-state index is 0.103. The SMILES string of the molecule is CCCC(CC)OC(=O)/C=C/C(=O)OC(C)(N)CC. The van der Waals surface area contributed by atoms with Gasteiger partial charge in [0.05, 0.1) is 0 Å². The van der Waals surface area contributed by atoms with Crippen LogP contribution in [0.3, 0.4) is 0 Å². The van der Waals surface area contributed by atoms with Gasteiger partial charge in [-0.25, -0.2) is 9.59 Å². The lowest BCUT2D eigenvalue weighted by Crippen LogP contribution is -2.40. The summed E-state index contributed by atoms with van der Waals surface area (Å²) in [5, 5.41) is 0. The Hall–Kier alpha value is -1.36. The number of ether oxygens (including phenoxy) is 2. The largest absolute Gasteiger partial charge is 0.459 e. The van der Waals surface area contributed by atoms with Gasteiger partial charge in [0.15, 0.2) is 5.72 Å². The van der Waals surface area contributed by atoms with Crippen molar-refractivity contribution in [3.05, 3.63) is 12.2 Å². The van der Waals surface area contributed by atoms with Crippen LogP contribution in [0.1, 0.15) is 53.4 Å². The molecular weight excluding hydrogens is 246 g/mol. The van der Waals surface area contributed by atoms with Crippen molar-refractivity contribution in [1.29, 1.82) is 0 Å². The third-order valence-corrected chi connectivity index (χ3v) is 2.74. The summed E-state index contributed by atoms with van der Waals surface area (Å²) in [5.74, 6) is -1.18. The van der Waals surface area contributed by atoms with Crippen LogP contribution in [0.5, 0.6) is 0 Å². The van der Waals surface area contributed by atoms with Gasteiger partial charge in [0.25, 0.3) is 0 Å². The highest BCUT2D eigenvalue weighted by Gasteiger charge is 2.19. The summed E-state index contributed by atoms with van der Waals surface area (Å²) in [6, 6.07) is 0. The molecule has 0 radical (unpaired) electrons. The Morgan fingerprint density at radius 2 is 1.79 bits per heavy atom. The van der Waals surface area contributed by atoms with Crippen LogP contribution in [0.4, 0.5) is 0 Å². The van der Waals surface area contributed by atoms with E-state index in [0.717, 1.165) is 31.4 Å². The van der Waals surface area contributed by atoms with Crippen LogP contribution in [0.2, 0.25) is 0 Å². The third-order valence-electron chi connectivity index (χ3n) is 2.74. The molecule has 0 bridgehead atoms. The summed E-state index contributed by atoms with van der Waals surface area (Å²) < 4.78 is 10.1. The lowest BCUT2D eigenvalue weighted by atomic mass is 10.2. The quantitative estimate of drug-likeness (QED) is 0.416. The van der Waals surface area contributed by atoms with E-state index in [0.29, 0.717) is 6.42 Å². The molecule has 0 rings (SSSR count). The number of nitrogens with two attached hydrogens (primary N) is 1. The van der Waals surface area contributed by atoms with E-state index in [9.17, 15) is 9.59 Å². The second-order valence-electron chi connectivity index (χ2n) is 4.68. The topological polar surface area (TPSA) is 78.6 Å². The zero-order chi connectivity index (χ0) is 14.9. The molecule has 2 atom stereocenters. The summed E-state index contributed by atoms with van der Waals surface area (Å²) in [5.41, 5.74) is 4.66. The molecule has 0 aromatic carbocycles. The van der Waals surface area contributed by atoms with E-state index in [2.05, 4.69) is 0 Å².